The van der Waals surface area contributed by atoms with Crippen LogP contribution in [0.25, 0.3) is 17.0 Å². The molecule has 5 nitrogen and oxygen atoms in total. The first-order valence-corrected chi connectivity index (χ1v) is 7.95. The highest BCUT2D eigenvalue weighted by molar-refractivity contribution is 5.81. The van der Waals surface area contributed by atoms with Crippen molar-refractivity contribution in [1.82, 2.24) is 4.57 Å². The van der Waals surface area contributed by atoms with Gasteiger partial charge in [-0.2, -0.15) is 0 Å². The Balaban J connectivity index is 2.07. The minimum Gasteiger partial charge on any atom is -0.430 e. The number of carbonyl (C=O) groups excluding carboxylic acids is 1. The number of hydrogen-bond acceptors (Lipinski definition) is 4. The van der Waals surface area contributed by atoms with E-state index >= 15 is 0 Å². The van der Waals surface area contributed by atoms with E-state index in [0.29, 0.717) is 5.39 Å². The van der Waals surface area contributed by atoms with Crippen LogP contribution in [0.5, 0.6) is 0 Å². The Bertz CT molecular complexity index is 812. The van der Waals surface area contributed by atoms with Crippen LogP contribution in [0.3, 0.4) is 0 Å². The number of pyridine rings is 1. The van der Waals surface area contributed by atoms with E-state index in [2.05, 4.69) is 0 Å². The van der Waals surface area contributed by atoms with Crippen molar-refractivity contribution in [3.05, 3.63) is 52.3 Å². The zero-order chi connectivity index (χ0) is 17.7. The Hall–Kier alpha value is -2.56. The number of rotatable bonds is 4. The summed E-state index contributed by atoms with van der Waals surface area (Å²) in [6.45, 7) is 8.29. The summed E-state index contributed by atoms with van der Waals surface area (Å²) in [5.74, 6) is 0. The van der Waals surface area contributed by atoms with Crippen LogP contribution in [0.2, 0.25) is 0 Å². The Morgan fingerprint density at radius 1 is 1.25 bits per heavy atom. The zero-order valence-corrected chi connectivity index (χ0v) is 14.5. The number of aryl methyl sites for hydroxylation is 1. The summed E-state index contributed by atoms with van der Waals surface area (Å²) < 4.78 is 12.0. The SMILES string of the molecule is CCn1ccc(=O)c2cc(/C=C\COC(=O)OC(C)(C)C)ccc21. The third-order valence-electron chi connectivity index (χ3n) is 3.34. The molecule has 2 aromatic rings. The van der Waals surface area contributed by atoms with E-state index in [9.17, 15) is 9.59 Å². The Morgan fingerprint density at radius 2 is 2.00 bits per heavy atom. The molecule has 0 N–H and O–H groups in total. The molecule has 0 saturated heterocycles. The van der Waals surface area contributed by atoms with Gasteiger partial charge in [0, 0.05) is 24.2 Å². The smallest absolute Gasteiger partial charge is 0.430 e. The molecular weight excluding hydrogens is 306 g/mol. The largest absolute Gasteiger partial charge is 0.509 e. The number of fused-ring (bicyclic) bond motifs is 1. The third-order valence-corrected chi connectivity index (χ3v) is 3.34. The summed E-state index contributed by atoms with van der Waals surface area (Å²) in [5, 5.41) is 0.676. The standard InChI is InChI=1S/C19H23NO4/c1-5-20-11-10-17(21)15-13-14(8-9-16(15)20)7-6-12-23-18(22)24-19(2,3)4/h6-11,13H,5,12H2,1-4H3/b7-6-. The minimum atomic E-state index is -0.698. The highest BCUT2D eigenvalue weighted by Crippen LogP contribution is 2.14. The minimum absolute atomic E-state index is 0.00467. The highest BCUT2D eigenvalue weighted by Gasteiger charge is 2.16. The van der Waals surface area contributed by atoms with Gasteiger partial charge < -0.3 is 14.0 Å². The molecule has 0 aliphatic carbocycles. The lowest BCUT2D eigenvalue weighted by molar-refractivity contribution is -0.00235. The lowest BCUT2D eigenvalue weighted by atomic mass is 10.1. The predicted octanol–water partition coefficient (Wildman–Crippen LogP) is 3.99. The summed E-state index contributed by atoms with van der Waals surface area (Å²) in [6, 6.07) is 7.27. The fraction of sp³-hybridized carbons (Fsp3) is 0.368. The molecule has 2 rings (SSSR count). The van der Waals surface area contributed by atoms with Gasteiger partial charge in [-0.25, -0.2) is 4.79 Å². The molecule has 0 spiro atoms. The van der Waals surface area contributed by atoms with Crippen molar-refractivity contribution >= 4 is 23.1 Å². The molecule has 0 amide bonds. The number of aromatic nitrogens is 1. The van der Waals surface area contributed by atoms with E-state index in [4.69, 9.17) is 9.47 Å². The number of benzene rings is 1. The van der Waals surface area contributed by atoms with Gasteiger partial charge in [0.15, 0.2) is 5.43 Å². The number of carbonyl (C=O) groups is 1. The van der Waals surface area contributed by atoms with Crippen LogP contribution in [-0.2, 0) is 16.0 Å². The van der Waals surface area contributed by atoms with Crippen molar-refractivity contribution in [3.63, 3.8) is 0 Å². The molecule has 1 heterocycles. The molecule has 0 fully saturated rings. The first kappa shape index (κ1) is 17.8. The van der Waals surface area contributed by atoms with Gasteiger partial charge in [-0.3, -0.25) is 4.79 Å². The lowest BCUT2D eigenvalue weighted by Gasteiger charge is -2.18. The number of ether oxygens (including phenoxy) is 2. The Morgan fingerprint density at radius 3 is 2.67 bits per heavy atom. The van der Waals surface area contributed by atoms with E-state index in [1.165, 1.54) is 0 Å². The molecule has 1 aromatic carbocycles. The summed E-state index contributed by atoms with van der Waals surface area (Å²) in [5.41, 5.74) is 1.21. The van der Waals surface area contributed by atoms with Gasteiger partial charge in [0.2, 0.25) is 0 Å². The molecule has 0 aliphatic rings. The van der Waals surface area contributed by atoms with Crippen molar-refractivity contribution in [2.45, 2.75) is 39.8 Å². The highest BCUT2D eigenvalue weighted by atomic mass is 16.7. The molecule has 0 bridgehead atoms. The van der Waals surface area contributed by atoms with Gasteiger partial charge in [-0.05, 0) is 51.5 Å². The molecule has 1 aromatic heterocycles. The summed E-state index contributed by atoms with van der Waals surface area (Å²) in [7, 11) is 0. The van der Waals surface area contributed by atoms with Crippen LogP contribution in [0.15, 0.2) is 41.3 Å². The van der Waals surface area contributed by atoms with Crippen LogP contribution in [-0.4, -0.2) is 22.9 Å². The second-order valence-corrected chi connectivity index (χ2v) is 6.42. The van der Waals surface area contributed by atoms with Crippen LogP contribution >= 0.6 is 0 Å². The average molecular weight is 329 g/mol. The monoisotopic (exact) mass is 329 g/mol. The van der Waals surface area contributed by atoms with Crippen LogP contribution < -0.4 is 5.43 Å². The third kappa shape index (κ3) is 4.72. The normalized spacial score (nSPS) is 11.8. The molecule has 0 atom stereocenters. The Kier molecular flexibility index (Phi) is 5.44. The summed E-state index contributed by atoms with van der Waals surface area (Å²) in [4.78, 5) is 23.5. The fourth-order valence-electron chi connectivity index (χ4n) is 2.29. The van der Waals surface area contributed by atoms with Gasteiger partial charge >= 0.3 is 6.16 Å². The van der Waals surface area contributed by atoms with E-state index in [0.717, 1.165) is 17.6 Å². The zero-order valence-electron chi connectivity index (χ0n) is 14.5. The Labute approximate surface area is 141 Å². The molecular formula is C19H23NO4. The predicted molar refractivity (Wildman–Crippen MR) is 95.1 cm³/mol. The van der Waals surface area contributed by atoms with E-state index in [1.807, 2.05) is 35.8 Å². The van der Waals surface area contributed by atoms with Gasteiger partial charge in [0.25, 0.3) is 0 Å². The number of hydrogen-bond donors (Lipinski definition) is 0. The number of nitrogens with zero attached hydrogens (tertiary/aromatic N) is 1. The van der Waals surface area contributed by atoms with Crippen molar-refractivity contribution in [2.75, 3.05) is 6.61 Å². The van der Waals surface area contributed by atoms with Crippen LogP contribution in [0.1, 0.15) is 33.3 Å². The van der Waals surface area contributed by atoms with Crippen molar-refractivity contribution < 1.29 is 14.3 Å². The van der Waals surface area contributed by atoms with E-state index < -0.39 is 11.8 Å². The maximum atomic E-state index is 12.0. The maximum Gasteiger partial charge on any atom is 0.509 e. The van der Waals surface area contributed by atoms with Crippen LogP contribution in [0.4, 0.5) is 4.79 Å². The van der Waals surface area contributed by atoms with Gasteiger partial charge in [0.1, 0.15) is 12.2 Å². The van der Waals surface area contributed by atoms with Crippen molar-refractivity contribution in [3.8, 4) is 0 Å². The first-order chi connectivity index (χ1) is 11.3. The lowest BCUT2D eigenvalue weighted by Crippen LogP contribution is -2.24. The molecule has 24 heavy (non-hydrogen) atoms. The molecule has 0 saturated carbocycles. The molecule has 0 radical (unpaired) electrons. The van der Waals surface area contributed by atoms with Gasteiger partial charge in [-0.15, -0.1) is 0 Å². The van der Waals surface area contributed by atoms with E-state index in [1.54, 1.807) is 39.1 Å². The topological polar surface area (TPSA) is 57.5 Å². The summed E-state index contributed by atoms with van der Waals surface area (Å²) >= 11 is 0. The van der Waals surface area contributed by atoms with Crippen molar-refractivity contribution in [1.29, 1.82) is 0 Å². The quantitative estimate of drug-likeness (QED) is 0.796. The fourth-order valence-corrected chi connectivity index (χ4v) is 2.29. The van der Waals surface area contributed by atoms with Gasteiger partial charge in [-0.1, -0.05) is 12.1 Å². The second kappa shape index (κ2) is 7.34. The summed E-state index contributed by atoms with van der Waals surface area (Å²) in [6.07, 6.45) is 4.63. The molecule has 0 unspecified atom stereocenters. The van der Waals surface area contributed by atoms with E-state index in [-0.39, 0.29) is 12.0 Å². The second-order valence-electron chi connectivity index (χ2n) is 6.42. The first-order valence-electron chi connectivity index (χ1n) is 7.95. The maximum absolute atomic E-state index is 12.0. The molecule has 128 valence electrons. The molecule has 5 heteroatoms. The van der Waals surface area contributed by atoms with Crippen LogP contribution in [0, 0.1) is 0 Å². The molecule has 0 aliphatic heterocycles. The van der Waals surface area contributed by atoms with Gasteiger partial charge in [0.05, 0.1) is 5.52 Å². The average Bonchev–Trinajstić information content (AvgIpc) is 2.50. The van der Waals surface area contributed by atoms with Crippen molar-refractivity contribution in [2.24, 2.45) is 0 Å².